The minimum absolute atomic E-state index is 0.0136. The number of rotatable bonds is 6. The number of sulfonamides is 1. The van der Waals surface area contributed by atoms with E-state index in [1.165, 1.54) is 29.0 Å². The smallest absolute Gasteiger partial charge is 0.242 e. The molecule has 1 N–H and O–H groups in total. The summed E-state index contributed by atoms with van der Waals surface area (Å²) in [5.41, 5.74) is 2.22. The summed E-state index contributed by atoms with van der Waals surface area (Å²) in [6.45, 7) is 2.03. The zero-order valence-electron chi connectivity index (χ0n) is 14.1. The SMILES string of the molecule is Cc1nc(CNS(=O)(=O)c2ccccc2C#N)sc1Cc1ccccc1. The van der Waals surface area contributed by atoms with E-state index >= 15 is 0 Å². The van der Waals surface area contributed by atoms with Gasteiger partial charge in [-0.25, -0.2) is 18.1 Å². The number of hydrogen-bond donors (Lipinski definition) is 1. The summed E-state index contributed by atoms with van der Waals surface area (Å²) in [7, 11) is -3.77. The molecule has 132 valence electrons. The average Bonchev–Trinajstić information content (AvgIpc) is 3.00. The van der Waals surface area contributed by atoms with Crippen LogP contribution in [0, 0.1) is 18.3 Å². The topological polar surface area (TPSA) is 82.8 Å². The quantitative estimate of drug-likeness (QED) is 0.707. The molecule has 0 saturated carbocycles. The molecule has 0 fully saturated rings. The summed E-state index contributed by atoms with van der Waals surface area (Å²) in [4.78, 5) is 5.57. The Morgan fingerprint density at radius 2 is 1.81 bits per heavy atom. The third kappa shape index (κ3) is 4.17. The van der Waals surface area contributed by atoms with Crippen LogP contribution in [0.3, 0.4) is 0 Å². The van der Waals surface area contributed by atoms with Gasteiger partial charge < -0.3 is 0 Å². The molecular weight excluding hydrogens is 366 g/mol. The van der Waals surface area contributed by atoms with E-state index in [0.29, 0.717) is 5.01 Å². The van der Waals surface area contributed by atoms with Gasteiger partial charge >= 0.3 is 0 Å². The molecule has 3 aromatic rings. The summed E-state index contributed by atoms with van der Waals surface area (Å²) < 4.78 is 27.5. The van der Waals surface area contributed by atoms with E-state index in [1.807, 2.05) is 31.2 Å². The lowest BCUT2D eigenvalue weighted by molar-refractivity contribution is 0.581. The second kappa shape index (κ2) is 7.79. The number of hydrogen-bond acceptors (Lipinski definition) is 5. The highest BCUT2D eigenvalue weighted by Gasteiger charge is 2.19. The number of nitrogens with one attached hydrogen (secondary N) is 1. The van der Waals surface area contributed by atoms with Crippen molar-refractivity contribution in [1.82, 2.24) is 9.71 Å². The van der Waals surface area contributed by atoms with Gasteiger partial charge in [-0.1, -0.05) is 42.5 Å². The lowest BCUT2D eigenvalue weighted by atomic mass is 10.1. The molecule has 2 aromatic carbocycles. The summed E-state index contributed by atoms with van der Waals surface area (Å²) >= 11 is 1.50. The number of nitriles is 1. The first kappa shape index (κ1) is 18.3. The van der Waals surface area contributed by atoms with Crippen molar-refractivity contribution in [3.8, 4) is 6.07 Å². The zero-order valence-corrected chi connectivity index (χ0v) is 15.8. The molecule has 0 spiro atoms. The Balaban J connectivity index is 1.74. The van der Waals surface area contributed by atoms with E-state index in [-0.39, 0.29) is 17.0 Å². The van der Waals surface area contributed by atoms with Crippen molar-refractivity contribution in [1.29, 1.82) is 5.26 Å². The Morgan fingerprint density at radius 3 is 2.54 bits per heavy atom. The molecule has 1 heterocycles. The Hall–Kier alpha value is -2.53. The third-order valence-electron chi connectivity index (χ3n) is 3.85. The monoisotopic (exact) mass is 383 g/mol. The predicted octanol–water partition coefficient (Wildman–Crippen LogP) is 3.39. The first-order chi connectivity index (χ1) is 12.5. The van der Waals surface area contributed by atoms with Crippen LogP contribution >= 0.6 is 11.3 Å². The van der Waals surface area contributed by atoms with Crippen LogP contribution in [0.2, 0.25) is 0 Å². The average molecular weight is 383 g/mol. The molecular formula is C19H17N3O2S2. The highest BCUT2D eigenvalue weighted by atomic mass is 32.2. The largest absolute Gasteiger partial charge is 0.245 e. The van der Waals surface area contributed by atoms with Gasteiger partial charge in [-0.15, -0.1) is 11.3 Å². The molecule has 5 nitrogen and oxygen atoms in total. The van der Waals surface area contributed by atoms with Gasteiger partial charge in [0, 0.05) is 11.3 Å². The third-order valence-corrected chi connectivity index (χ3v) is 6.47. The Labute approximate surface area is 157 Å². The standard InChI is InChI=1S/C19H17N3O2S2/c1-14-17(11-15-7-3-2-4-8-15)25-19(22-14)13-21-26(23,24)18-10-6-5-9-16(18)12-20/h2-10,21H,11,13H2,1H3. The second-order valence-electron chi connectivity index (χ2n) is 5.71. The van der Waals surface area contributed by atoms with E-state index < -0.39 is 10.0 Å². The van der Waals surface area contributed by atoms with E-state index in [4.69, 9.17) is 5.26 Å². The van der Waals surface area contributed by atoms with E-state index in [0.717, 1.165) is 17.0 Å². The van der Waals surface area contributed by atoms with Crippen LogP contribution in [0.15, 0.2) is 59.5 Å². The van der Waals surface area contributed by atoms with Gasteiger partial charge in [-0.2, -0.15) is 5.26 Å². The predicted molar refractivity (Wildman–Crippen MR) is 101 cm³/mol. The van der Waals surface area contributed by atoms with Crippen LogP contribution in [-0.2, 0) is 23.0 Å². The van der Waals surface area contributed by atoms with E-state index in [9.17, 15) is 8.42 Å². The molecule has 0 aliphatic carbocycles. The maximum Gasteiger partial charge on any atom is 0.242 e. The zero-order chi connectivity index (χ0) is 18.6. The molecule has 0 atom stereocenters. The van der Waals surface area contributed by atoms with Gasteiger partial charge in [-0.05, 0) is 24.6 Å². The molecule has 0 aliphatic rings. The molecule has 26 heavy (non-hydrogen) atoms. The fourth-order valence-corrected chi connectivity index (χ4v) is 4.82. The highest BCUT2D eigenvalue weighted by Crippen LogP contribution is 2.22. The molecule has 0 aliphatic heterocycles. The normalized spacial score (nSPS) is 11.2. The van der Waals surface area contributed by atoms with E-state index in [1.54, 1.807) is 12.1 Å². The maximum atomic E-state index is 12.5. The Kier molecular flexibility index (Phi) is 5.47. The van der Waals surface area contributed by atoms with Crippen molar-refractivity contribution in [3.63, 3.8) is 0 Å². The van der Waals surface area contributed by atoms with Crippen molar-refractivity contribution in [2.75, 3.05) is 0 Å². The molecule has 0 saturated heterocycles. The molecule has 0 unspecified atom stereocenters. The molecule has 0 radical (unpaired) electrons. The van der Waals surface area contributed by atoms with Crippen LogP contribution in [0.1, 0.15) is 26.7 Å². The summed E-state index contributed by atoms with van der Waals surface area (Å²) in [5, 5.41) is 9.79. The van der Waals surface area contributed by atoms with Gasteiger partial charge in [0.25, 0.3) is 0 Å². The Bertz CT molecular complexity index is 1050. The molecule has 0 amide bonds. The van der Waals surface area contributed by atoms with Crippen molar-refractivity contribution < 1.29 is 8.42 Å². The van der Waals surface area contributed by atoms with Gasteiger partial charge in [0.15, 0.2) is 0 Å². The van der Waals surface area contributed by atoms with Crippen LogP contribution in [0.25, 0.3) is 0 Å². The second-order valence-corrected chi connectivity index (χ2v) is 8.61. The minimum atomic E-state index is -3.77. The van der Waals surface area contributed by atoms with Crippen LogP contribution in [-0.4, -0.2) is 13.4 Å². The van der Waals surface area contributed by atoms with Gasteiger partial charge in [0.1, 0.15) is 11.1 Å². The van der Waals surface area contributed by atoms with Crippen LogP contribution in [0.4, 0.5) is 0 Å². The fourth-order valence-electron chi connectivity index (χ4n) is 2.54. The lowest BCUT2D eigenvalue weighted by Gasteiger charge is -2.06. The van der Waals surface area contributed by atoms with Crippen molar-refractivity contribution in [2.45, 2.75) is 24.8 Å². The summed E-state index contributed by atoms with van der Waals surface area (Å²) in [6, 6.07) is 18.1. The van der Waals surface area contributed by atoms with Crippen LogP contribution < -0.4 is 4.72 Å². The number of aryl methyl sites for hydroxylation is 1. The Morgan fingerprint density at radius 1 is 1.12 bits per heavy atom. The van der Waals surface area contributed by atoms with Gasteiger partial charge in [0.05, 0.1) is 22.7 Å². The van der Waals surface area contributed by atoms with Gasteiger partial charge in [0.2, 0.25) is 10.0 Å². The van der Waals surface area contributed by atoms with Crippen molar-refractivity contribution in [3.05, 3.63) is 81.3 Å². The fraction of sp³-hybridized carbons (Fsp3) is 0.158. The molecule has 1 aromatic heterocycles. The number of nitrogens with zero attached hydrogens (tertiary/aromatic N) is 2. The number of thiazole rings is 1. The maximum absolute atomic E-state index is 12.5. The van der Waals surface area contributed by atoms with E-state index in [2.05, 4.69) is 21.8 Å². The van der Waals surface area contributed by atoms with Crippen molar-refractivity contribution in [2.24, 2.45) is 0 Å². The van der Waals surface area contributed by atoms with Crippen molar-refractivity contribution >= 4 is 21.4 Å². The summed E-state index contributed by atoms with van der Waals surface area (Å²) in [5.74, 6) is 0. The van der Waals surface area contributed by atoms with Crippen LogP contribution in [0.5, 0.6) is 0 Å². The molecule has 0 bridgehead atoms. The highest BCUT2D eigenvalue weighted by molar-refractivity contribution is 7.89. The first-order valence-electron chi connectivity index (χ1n) is 7.97. The number of benzene rings is 2. The summed E-state index contributed by atoms with van der Waals surface area (Å²) in [6.07, 6.45) is 0.772. The molecule has 7 heteroatoms. The minimum Gasteiger partial charge on any atom is -0.245 e. The van der Waals surface area contributed by atoms with Gasteiger partial charge in [-0.3, -0.25) is 0 Å². The first-order valence-corrected chi connectivity index (χ1v) is 10.3. The number of aromatic nitrogens is 1. The molecule has 3 rings (SSSR count). The lowest BCUT2D eigenvalue weighted by Crippen LogP contribution is -2.24.